The highest BCUT2D eigenvalue weighted by Crippen LogP contribution is 2.37. The van der Waals surface area contributed by atoms with Gasteiger partial charge < -0.3 is 14.4 Å². The summed E-state index contributed by atoms with van der Waals surface area (Å²) in [4.78, 5) is 14.3. The van der Waals surface area contributed by atoms with E-state index in [1.165, 1.54) is 0 Å². The monoisotopic (exact) mass is 543 g/mol. The summed E-state index contributed by atoms with van der Waals surface area (Å²) < 4.78 is 3.21. The van der Waals surface area contributed by atoms with E-state index in [9.17, 15) is 0 Å². The lowest BCUT2D eigenvalue weighted by Crippen LogP contribution is -2.46. The van der Waals surface area contributed by atoms with Gasteiger partial charge in [-0.2, -0.15) is 0 Å². The van der Waals surface area contributed by atoms with Crippen molar-refractivity contribution in [1.82, 2.24) is 14.5 Å². The Morgan fingerprint density at radius 1 is 0.743 bits per heavy atom. The number of aromatic nitrogens is 3. The molecule has 0 aliphatic carbocycles. The van der Waals surface area contributed by atoms with E-state index in [0.29, 0.717) is 0 Å². The van der Waals surface area contributed by atoms with Crippen molar-refractivity contribution in [3.8, 4) is 16.8 Å². The Balaban J connectivity index is 1.42. The zero-order valence-corrected chi connectivity index (χ0v) is 21.3. The van der Waals surface area contributed by atoms with Crippen LogP contribution in [0.5, 0.6) is 0 Å². The van der Waals surface area contributed by atoms with Crippen LogP contribution in [0.4, 0.5) is 11.5 Å². The molecule has 2 aromatic heterocycles. The number of hydrogen-bond acceptors (Lipinski definition) is 4. The van der Waals surface area contributed by atoms with Crippen LogP contribution in [0.2, 0.25) is 5.02 Å². The van der Waals surface area contributed by atoms with Crippen LogP contribution in [0.1, 0.15) is 0 Å². The third-order valence-corrected chi connectivity index (χ3v) is 7.27. The molecule has 174 valence electrons. The molecule has 1 fully saturated rings. The van der Waals surface area contributed by atoms with Crippen LogP contribution in [-0.2, 0) is 0 Å². The van der Waals surface area contributed by atoms with Crippen LogP contribution in [0.25, 0.3) is 27.8 Å². The van der Waals surface area contributed by atoms with Crippen molar-refractivity contribution < 1.29 is 0 Å². The summed E-state index contributed by atoms with van der Waals surface area (Å²) in [7, 11) is 0. The topological polar surface area (TPSA) is 37.2 Å². The van der Waals surface area contributed by atoms with Gasteiger partial charge in [0.2, 0.25) is 0 Å². The molecule has 0 N–H and O–H groups in total. The third kappa shape index (κ3) is 4.28. The molecule has 6 rings (SSSR count). The van der Waals surface area contributed by atoms with E-state index in [1.54, 1.807) is 6.33 Å². The average Bonchev–Trinajstić information content (AvgIpc) is 3.30. The number of halogens is 2. The smallest absolute Gasteiger partial charge is 0.150 e. The molecule has 5 aromatic rings. The fraction of sp³-hybridized carbons (Fsp3) is 0.143. The first-order valence-electron chi connectivity index (χ1n) is 11.6. The number of anilines is 2. The summed E-state index contributed by atoms with van der Waals surface area (Å²) >= 11 is 9.78. The van der Waals surface area contributed by atoms with Crippen molar-refractivity contribution in [1.29, 1.82) is 0 Å². The Kier molecular flexibility index (Phi) is 5.92. The van der Waals surface area contributed by atoms with Crippen LogP contribution in [0.15, 0.2) is 95.9 Å². The molecule has 3 aromatic carbocycles. The molecular weight excluding hydrogens is 522 g/mol. The lowest BCUT2D eigenvalue weighted by atomic mass is 10.1. The van der Waals surface area contributed by atoms with Crippen LogP contribution >= 0.6 is 27.5 Å². The van der Waals surface area contributed by atoms with Crippen molar-refractivity contribution in [2.24, 2.45) is 0 Å². The standard InChI is InChI=1S/C28H23BrClN5/c29-21-9-11-23(12-10-21)35-18-25(20-5-2-1-3-6-20)26-27(31-19-32-28(26)35)34-15-13-33(14-16-34)24-8-4-7-22(30)17-24/h1-12,17-19H,13-16H2. The Morgan fingerprint density at radius 2 is 1.49 bits per heavy atom. The van der Waals surface area contributed by atoms with E-state index in [0.717, 1.165) is 75.0 Å². The van der Waals surface area contributed by atoms with Crippen LogP contribution in [0.3, 0.4) is 0 Å². The Labute approximate surface area is 217 Å². The molecule has 1 aliphatic heterocycles. The minimum absolute atomic E-state index is 0.768. The van der Waals surface area contributed by atoms with Crippen LogP contribution in [-0.4, -0.2) is 40.7 Å². The molecule has 7 heteroatoms. The fourth-order valence-corrected chi connectivity index (χ4v) is 5.22. The van der Waals surface area contributed by atoms with Gasteiger partial charge >= 0.3 is 0 Å². The van der Waals surface area contributed by atoms with E-state index in [-0.39, 0.29) is 0 Å². The summed E-state index contributed by atoms with van der Waals surface area (Å²) in [6.45, 7) is 3.55. The number of hydrogen-bond donors (Lipinski definition) is 0. The minimum Gasteiger partial charge on any atom is -0.368 e. The lowest BCUT2D eigenvalue weighted by molar-refractivity contribution is 0.649. The molecule has 0 bridgehead atoms. The highest BCUT2D eigenvalue weighted by atomic mass is 79.9. The van der Waals surface area contributed by atoms with Crippen LogP contribution < -0.4 is 9.80 Å². The number of fused-ring (bicyclic) bond motifs is 1. The second-order valence-electron chi connectivity index (χ2n) is 8.61. The normalized spacial score (nSPS) is 14.0. The second kappa shape index (κ2) is 9.36. The van der Waals surface area contributed by atoms with Gasteiger partial charge in [0.25, 0.3) is 0 Å². The van der Waals surface area contributed by atoms with Gasteiger partial charge in [0, 0.05) is 58.8 Å². The summed E-state index contributed by atoms with van der Waals surface area (Å²) in [5.41, 5.74) is 5.43. The quantitative estimate of drug-likeness (QED) is 0.248. The van der Waals surface area contributed by atoms with Gasteiger partial charge in [-0.3, -0.25) is 0 Å². The SMILES string of the molecule is Clc1cccc(N2CCN(c3ncnc4c3c(-c3ccccc3)cn4-c3ccc(Br)cc3)CC2)c1. The second-order valence-corrected chi connectivity index (χ2v) is 9.96. The maximum atomic E-state index is 6.23. The molecule has 0 spiro atoms. The van der Waals surface area contributed by atoms with E-state index in [2.05, 4.69) is 91.1 Å². The number of nitrogens with zero attached hydrogens (tertiary/aromatic N) is 5. The maximum absolute atomic E-state index is 6.23. The third-order valence-electron chi connectivity index (χ3n) is 6.51. The molecule has 35 heavy (non-hydrogen) atoms. The maximum Gasteiger partial charge on any atom is 0.150 e. The van der Waals surface area contributed by atoms with Gasteiger partial charge in [0.1, 0.15) is 12.1 Å². The first-order chi connectivity index (χ1) is 17.2. The van der Waals surface area contributed by atoms with Crippen LogP contribution in [0, 0.1) is 0 Å². The molecular formula is C28H23BrClN5. The first kappa shape index (κ1) is 22.1. The van der Waals surface area contributed by atoms with Crippen molar-refractivity contribution in [3.63, 3.8) is 0 Å². The summed E-state index contributed by atoms with van der Waals surface area (Å²) in [5, 5.41) is 1.85. The Bertz CT molecular complexity index is 1480. The molecule has 3 heterocycles. The molecule has 0 amide bonds. The number of benzene rings is 3. The van der Waals surface area contributed by atoms with E-state index < -0.39 is 0 Å². The molecule has 1 aliphatic rings. The lowest BCUT2D eigenvalue weighted by Gasteiger charge is -2.37. The van der Waals surface area contributed by atoms with Gasteiger partial charge in [0.15, 0.2) is 5.65 Å². The first-order valence-corrected chi connectivity index (χ1v) is 12.8. The predicted molar refractivity (Wildman–Crippen MR) is 148 cm³/mol. The highest BCUT2D eigenvalue weighted by molar-refractivity contribution is 9.10. The highest BCUT2D eigenvalue weighted by Gasteiger charge is 2.24. The Morgan fingerprint density at radius 3 is 2.23 bits per heavy atom. The van der Waals surface area contributed by atoms with E-state index >= 15 is 0 Å². The van der Waals surface area contributed by atoms with Gasteiger partial charge in [-0.15, -0.1) is 0 Å². The summed E-state index contributed by atoms with van der Waals surface area (Å²) in [6, 6.07) is 26.9. The predicted octanol–water partition coefficient (Wildman–Crippen LogP) is 6.83. The number of piperazine rings is 1. The van der Waals surface area contributed by atoms with Gasteiger partial charge in [-0.25, -0.2) is 9.97 Å². The fourth-order valence-electron chi connectivity index (χ4n) is 4.77. The molecule has 0 radical (unpaired) electrons. The minimum atomic E-state index is 0.768. The van der Waals surface area contributed by atoms with E-state index in [1.807, 2.05) is 24.3 Å². The Hall–Kier alpha value is -3.35. The molecule has 0 saturated carbocycles. The average molecular weight is 545 g/mol. The number of rotatable bonds is 4. The molecule has 5 nitrogen and oxygen atoms in total. The van der Waals surface area contributed by atoms with Crippen molar-refractivity contribution in [3.05, 3.63) is 101 Å². The summed E-state index contributed by atoms with van der Waals surface area (Å²) in [6.07, 6.45) is 3.87. The van der Waals surface area contributed by atoms with Gasteiger partial charge in [0.05, 0.1) is 5.39 Å². The summed E-state index contributed by atoms with van der Waals surface area (Å²) in [5.74, 6) is 0.982. The van der Waals surface area contributed by atoms with Crippen molar-refractivity contribution in [2.45, 2.75) is 0 Å². The molecule has 1 saturated heterocycles. The van der Waals surface area contributed by atoms with E-state index in [4.69, 9.17) is 21.6 Å². The largest absolute Gasteiger partial charge is 0.368 e. The van der Waals surface area contributed by atoms with Crippen molar-refractivity contribution in [2.75, 3.05) is 36.0 Å². The van der Waals surface area contributed by atoms with Crippen molar-refractivity contribution >= 4 is 50.1 Å². The van der Waals surface area contributed by atoms with Gasteiger partial charge in [-0.05, 0) is 48.0 Å². The van der Waals surface area contributed by atoms with Gasteiger partial charge in [-0.1, -0.05) is 63.9 Å². The zero-order chi connectivity index (χ0) is 23.8. The molecule has 0 unspecified atom stereocenters. The molecule has 0 atom stereocenters. The zero-order valence-electron chi connectivity index (χ0n) is 19.0.